The van der Waals surface area contributed by atoms with E-state index < -0.39 is 0 Å². The number of carbonyl (C=O) groups excluding carboxylic acids is 2. The second-order valence-electron chi connectivity index (χ2n) is 4.89. The summed E-state index contributed by atoms with van der Waals surface area (Å²) in [5, 5.41) is 2.61. The van der Waals surface area contributed by atoms with Gasteiger partial charge < -0.3 is 16.0 Å². The van der Waals surface area contributed by atoms with Crippen molar-refractivity contribution in [2.24, 2.45) is 17.6 Å². The van der Waals surface area contributed by atoms with Gasteiger partial charge in [0.05, 0.1) is 5.92 Å². The highest BCUT2D eigenvalue weighted by Gasteiger charge is 2.36. The fraction of sp³-hybridized carbons (Fsp3) is 0.833. The van der Waals surface area contributed by atoms with Gasteiger partial charge in [-0.15, -0.1) is 0 Å². The second-order valence-corrected chi connectivity index (χ2v) is 4.89. The molecule has 0 aliphatic carbocycles. The molecular formula is C12H23N3O2. The van der Waals surface area contributed by atoms with Crippen molar-refractivity contribution in [2.45, 2.75) is 32.7 Å². The molecule has 2 atom stereocenters. The molecule has 0 aromatic heterocycles. The first kappa shape index (κ1) is 14.0. The summed E-state index contributed by atoms with van der Waals surface area (Å²) in [6, 6.07) is -0.305. The van der Waals surface area contributed by atoms with Crippen molar-refractivity contribution in [2.75, 3.05) is 20.1 Å². The van der Waals surface area contributed by atoms with E-state index in [2.05, 4.69) is 5.32 Å². The molecular weight excluding hydrogens is 218 g/mol. The molecule has 0 aromatic carbocycles. The van der Waals surface area contributed by atoms with Gasteiger partial charge in [-0.1, -0.05) is 13.8 Å². The van der Waals surface area contributed by atoms with Crippen LogP contribution in [0, 0.1) is 11.8 Å². The number of likely N-dealkylation sites (N-methyl/N-ethyl adjacent to an activating group) is 1. The van der Waals surface area contributed by atoms with E-state index in [4.69, 9.17) is 5.73 Å². The van der Waals surface area contributed by atoms with Crippen LogP contribution in [-0.4, -0.2) is 42.9 Å². The van der Waals surface area contributed by atoms with Crippen LogP contribution >= 0.6 is 0 Å². The van der Waals surface area contributed by atoms with Crippen LogP contribution in [0.5, 0.6) is 0 Å². The molecule has 1 saturated heterocycles. The van der Waals surface area contributed by atoms with E-state index in [1.54, 1.807) is 11.9 Å². The maximum atomic E-state index is 12.3. The van der Waals surface area contributed by atoms with Crippen LogP contribution in [0.25, 0.3) is 0 Å². The van der Waals surface area contributed by atoms with Gasteiger partial charge in [-0.3, -0.25) is 9.59 Å². The van der Waals surface area contributed by atoms with Gasteiger partial charge in [0.25, 0.3) is 0 Å². The quantitative estimate of drug-likeness (QED) is 0.725. The topological polar surface area (TPSA) is 75.4 Å². The minimum Gasteiger partial charge on any atom is -0.357 e. The fourth-order valence-electron chi connectivity index (χ4n) is 2.34. The number of hydrogen-bond donors (Lipinski definition) is 2. The SMILES string of the molecule is CNC(=O)[C@@H]1CCCN1C(=O)[C@H](CN)C(C)C. The van der Waals surface area contributed by atoms with E-state index in [-0.39, 0.29) is 29.7 Å². The van der Waals surface area contributed by atoms with Gasteiger partial charge in [-0.05, 0) is 18.8 Å². The summed E-state index contributed by atoms with van der Waals surface area (Å²) in [6.45, 7) is 4.98. The van der Waals surface area contributed by atoms with Crippen molar-refractivity contribution in [3.8, 4) is 0 Å². The summed E-state index contributed by atoms with van der Waals surface area (Å²) in [4.78, 5) is 25.7. The molecule has 98 valence electrons. The average Bonchev–Trinajstić information content (AvgIpc) is 2.77. The molecule has 2 amide bonds. The number of rotatable bonds is 4. The number of nitrogens with zero attached hydrogens (tertiary/aromatic N) is 1. The maximum absolute atomic E-state index is 12.3. The van der Waals surface area contributed by atoms with Gasteiger partial charge >= 0.3 is 0 Å². The van der Waals surface area contributed by atoms with Crippen molar-refractivity contribution in [1.82, 2.24) is 10.2 Å². The lowest BCUT2D eigenvalue weighted by atomic mass is 9.94. The normalized spacial score (nSPS) is 21.7. The molecule has 0 unspecified atom stereocenters. The largest absolute Gasteiger partial charge is 0.357 e. The predicted molar refractivity (Wildman–Crippen MR) is 66.2 cm³/mol. The first-order chi connectivity index (χ1) is 8.02. The Bertz CT molecular complexity index is 291. The highest BCUT2D eigenvalue weighted by atomic mass is 16.2. The fourth-order valence-corrected chi connectivity index (χ4v) is 2.34. The van der Waals surface area contributed by atoms with Gasteiger partial charge in [0.1, 0.15) is 6.04 Å². The first-order valence-electron chi connectivity index (χ1n) is 6.25. The molecule has 0 spiro atoms. The van der Waals surface area contributed by atoms with Crippen LogP contribution in [0.4, 0.5) is 0 Å². The monoisotopic (exact) mass is 241 g/mol. The zero-order valence-corrected chi connectivity index (χ0v) is 10.9. The van der Waals surface area contributed by atoms with Crippen LogP contribution in [0.2, 0.25) is 0 Å². The Labute approximate surface area is 103 Å². The third-order valence-corrected chi connectivity index (χ3v) is 3.46. The minimum absolute atomic E-state index is 0.0219. The summed E-state index contributed by atoms with van der Waals surface area (Å²) < 4.78 is 0. The zero-order chi connectivity index (χ0) is 13.0. The Balaban J connectivity index is 2.76. The highest BCUT2D eigenvalue weighted by molar-refractivity contribution is 5.89. The zero-order valence-electron chi connectivity index (χ0n) is 10.9. The number of carbonyl (C=O) groups is 2. The Kier molecular flexibility index (Phi) is 4.93. The molecule has 5 heteroatoms. The number of likely N-dealkylation sites (tertiary alicyclic amines) is 1. The van der Waals surface area contributed by atoms with Gasteiger partial charge in [-0.2, -0.15) is 0 Å². The summed E-state index contributed by atoms with van der Waals surface area (Å²) in [6.07, 6.45) is 1.64. The summed E-state index contributed by atoms with van der Waals surface area (Å²) in [5.74, 6) is -0.0253. The number of nitrogens with one attached hydrogen (secondary N) is 1. The van der Waals surface area contributed by atoms with Crippen LogP contribution < -0.4 is 11.1 Å². The smallest absolute Gasteiger partial charge is 0.242 e. The number of hydrogen-bond acceptors (Lipinski definition) is 3. The number of nitrogens with two attached hydrogens (primary N) is 1. The molecule has 17 heavy (non-hydrogen) atoms. The Morgan fingerprint density at radius 2 is 2.12 bits per heavy atom. The third kappa shape index (κ3) is 2.97. The molecule has 5 nitrogen and oxygen atoms in total. The van der Waals surface area contributed by atoms with Crippen LogP contribution in [0.3, 0.4) is 0 Å². The third-order valence-electron chi connectivity index (χ3n) is 3.46. The molecule has 1 fully saturated rings. The van der Waals surface area contributed by atoms with E-state index in [0.29, 0.717) is 13.1 Å². The summed E-state index contributed by atoms with van der Waals surface area (Å²) in [5.41, 5.74) is 5.65. The highest BCUT2D eigenvalue weighted by Crippen LogP contribution is 2.22. The lowest BCUT2D eigenvalue weighted by molar-refractivity contribution is -0.142. The summed E-state index contributed by atoms with van der Waals surface area (Å²) >= 11 is 0. The molecule has 0 saturated carbocycles. The predicted octanol–water partition coefficient (Wildman–Crippen LogP) is -0.0457. The first-order valence-corrected chi connectivity index (χ1v) is 6.25. The molecule has 1 heterocycles. The van der Waals surface area contributed by atoms with Crippen LogP contribution in [0.1, 0.15) is 26.7 Å². The Morgan fingerprint density at radius 1 is 1.47 bits per heavy atom. The molecule has 0 bridgehead atoms. The molecule has 1 rings (SSSR count). The van der Waals surface area contributed by atoms with Gasteiger partial charge in [0.2, 0.25) is 11.8 Å². The summed E-state index contributed by atoms with van der Waals surface area (Å²) in [7, 11) is 1.60. The second kappa shape index (κ2) is 6.00. The molecule has 0 aromatic rings. The maximum Gasteiger partial charge on any atom is 0.242 e. The van der Waals surface area contributed by atoms with Crippen molar-refractivity contribution >= 4 is 11.8 Å². The van der Waals surface area contributed by atoms with Crippen molar-refractivity contribution in [3.63, 3.8) is 0 Å². The molecule has 1 aliphatic heterocycles. The average molecular weight is 241 g/mol. The minimum atomic E-state index is -0.305. The van der Waals surface area contributed by atoms with Crippen molar-refractivity contribution in [3.05, 3.63) is 0 Å². The van der Waals surface area contributed by atoms with Gasteiger partial charge in [0, 0.05) is 20.1 Å². The number of amides is 2. The lowest BCUT2D eigenvalue weighted by Crippen LogP contribution is -2.49. The Morgan fingerprint density at radius 3 is 2.59 bits per heavy atom. The molecule has 1 aliphatic rings. The van der Waals surface area contributed by atoms with Gasteiger partial charge in [0.15, 0.2) is 0 Å². The van der Waals surface area contributed by atoms with Crippen LogP contribution in [0.15, 0.2) is 0 Å². The van der Waals surface area contributed by atoms with E-state index in [0.717, 1.165) is 12.8 Å². The van der Waals surface area contributed by atoms with Gasteiger partial charge in [-0.25, -0.2) is 0 Å². The molecule has 0 radical (unpaired) electrons. The lowest BCUT2D eigenvalue weighted by Gasteiger charge is -2.29. The van der Waals surface area contributed by atoms with Crippen LogP contribution in [-0.2, 0) is 9.59 Å². The van der Waals surface area contributed by atoms with E-state index in [9.17, 15) is 9.59 Å². The van der Waals surface area contributed by atoms with Crippen molar-refractivity contribution < 1.29 is 9.59 Å². The Hall–Kier alpha value is -1.10. The van der Waals surface area contributed by atoms with E-state index >= 15 is 0 Å². The van der Waals surface area contributed by atoms with Crippen molar-refractivity contribution in [1.29, 1.82) is 0 Å². The van der Waals surface area contributed by atoms with E-state index in [1.807, 2.05) is 13.8 Å². The standard InChI is InChI=1S/C12H23N3O2/c1-8(2)9(7-13)12(17)15-6-4-5-10(15)11(16)14-3/h8-10H,4-7,13H2,1-3H3,(H,14,16)/t9-,10+/m1/s1. The van der Waals surface area contributed by atoms with E-state index in [1.165, 1.54) is 0 Å². The molecule has 3 N–H and O–H groups in total.